The number of para-hydroxylation sites is 2. The van der Waals surface area contributed by atoms with Crippen LogP contribution in [0.3, 0.4) is 0 Å². The summed E-state index contributed by atoms with van der Waals surface area (Å²) in [5.41, 5.74) is 4.80. The van der Waals surface area contributed by atoms with Crippen LogP contribution in [-0.4, -0.2) is 25.2 Å². The Morgan fingerprint density at radius 2 is 1.64 bits per heavy atom. The van der Waals surface area contributed by atoms with Gasteiger partial charge in [-0.05, 0) is 43.3 Å². The van der Waals surface area contributed by atoms with Gasteiger partial charge in [0.15, 0.2) is 17.6 Å². The molecule has 0 unspecified atom stereocenters. The SMILES string of the molecule is COc1ccccc1O[C@@H](C)C(=O)NNC(=O)Nc1ccc(F)cc1. The molecule has 0 spiro atoms. The Bertz CT molecular complexity index is 737. The highest BCUT2D eigenvalue weighted by atomic mass is 19.1. The molecule has 3 N–H and O–H groups in total. The molecular weight excluding hydrogens is 329 g/mol. The Labute approximate surface area is 144 Å². The van der Waals surface area contributed by atoms with Gasteiger partial charge in [0.05, 0.1) is 7.11 Å². The van der Waals surface area contributed by atoms with Gasteiger partial charge in [0.25, 0.3) is 5.91 Å². The largest absolute Gasteiger partial charge is 0.493 e. The van der Waals surface area contributed by atoms with Crippen LogP contribution in [0.1, 0.15) is 6.92 Å². The topological polar surface area (TPSA) is 88.7 Å². The predicted molar refractivity (Wildman–Crippen MR) is 89.8 cm³/mol. The summed E-state index contributed by atoms with van der Waals surface area (Å²) in [6.45, 7) is 1.53. The van der Waals surface area contributed by atoms with Crippen molar-refractivity contribution in [1.82, 2.24) is 10.9 Å². The number of hydrogen-bond donors (Lipinski definition) is 3. The van der Waals surface area contributed by atoms with Crippen LogP contribution in [0.15, 0.2) is 48.5 Å². The zero-order chi connectivity index (χ0) is 18.2. The highest BCUT2D eigenvalue weighted by molar-refractivity contribution is 5.91. The van der Waals surface area contributed by atoms with Gasteiger partial charge in [-0.1, -0.05) is 12.1 Å². The number of carbonyl (C=O) groups is 2. The number of benzene rings is 2. The maximum absolute atomic E-state index is 12.8. The summed E-state index contributed by atoms with van der Waals surface area (Å²) >= 11 is 0. The lowest BCUT2D eigenvalue weighted by Crippen LogP contribution is -2.48. The fourth-order valence-electron chi connectivity index (χ4n) is 1.88. The molecule has 8 heteroatoms. The van der Waals surface area contributed by atoms with Gasteiger partial charge in [-0.15, -0.1) is 0 Å². The highest BCUT2D eigenvalue weighted by Crippen LogP contribution is 2.26. The van der Waals surface area contributed by atoms with Crippen molar-refractivity contribution in [1.29, 1.82) is 0 Å². The Morgan fingerprint density at radius 3 is 2.28 bits per heavy atom. The van der Waals surface area contributed by atoms with Crippen LogP contribution in [0.5, 0.6) is 11.5 Å². The number of hydrogen-bond acceptors (Lipinski definition) is 4. The quantitative estimate of drug-likeness (QED) is 0.725. The van der Waals surface area contributed by atoms with E-state index in [0.717, 1.165) is 0 Å². The second kappa shape index (κ2) is 8.53. The molecule has 2 rings (SSSR count). The summed E-state index contributed by atoms with van der Waals surface area (Å²) in [6.07, 6.45) is -0.873. The minimum atomic E-state index is -0.873. The molecule has 7 nitrogen and oxygen atoms in total. The van der Waals surface area contributed by atoms with E-state index >= 15 is 0 Å². The summed E-state index contributed by atoms with van der Waals surface area (Å²) in [5.74, 6) is -0.0747. The van der Waals surface area contributed by atoms with Gasteiger partial charge in [0.2, 0.25) is 0 Å². The number of hydrazine groups is 1. The summed E-state index contributed by atoms with van der Waals surface area (Å²) in [4.78, 5) is 23.7. The van der Waals surface area contributed by atoms with Crippen molar-refractivity contribution in [3.63, 3.8) is 0 Å². The van der Waals surface area contributed by atoms with Gasteiger partial charge in [-0.3, -0.25) is 10.2 Å². The molecule has 3 amide bonds. The van der Waals surface area contributed by atoms with Crippen LogP contribution in [0.25, 0.3) is 0 Å². The molecule has 2 aromatic rings. The molecular formula is C17H18FN3O4. The van der Waals surface area contributed by atoms with Crippen molar-refractivity contribution in [2.45, 2.75) is 13.0 Å². The van der Waals surface area contributed by atoms with Gasteiger partial charge < -0.3 is 14.8 Å². The Kier molecular flexibility index (Phi) is 6.16. The predicted octanol–water partition coefficient (Wildman–Crippen LogP) is 2.45. The number of halogens is 1. The molecule has 2 aromatic carbocycles. The minimum Gasteiger partial charge on any atom is -0.493 e. The first kappa shape index (κ1) is 18.1. The zero-order valence-electron chi connectivity index (χ0n) is 13.7. The number of methoxy groups -OCH3 is 1. The molecule has 0 saturated carbocycles. The van der Waals surface area contributed by atoms with Crippen LogP contribution in [0, 0.1) is 5.82 Å². The van der Waals surface area contributed by atoms with Crippen LogP contribution in [0.2, 0.25) is 0 Å². The van der Waals surface area contributed by atoms with Gasteiger partial charge in [0, 0.05) is 5.69 Å². The zero-order valence-corrected chi connectivity index (χ0v) is 13.7. The number of amides is 3. The average Bonchev–Trinajstić information content (AvgIpc) is 2.62. The summed E-state index contributed by atoms with van der Waals surface area (Å²) in [5, 5.41) is 2.44. The third kappa shape index (κ3) is 5.38. The molecule has 0 bridgehead atoms. The normalized spacial score (nSPS) is 11.2. The van der Waals surface area contributed by atoms with Gasteiger partial charge in [-0.2, -0.15) is 0 Å². The average molecular weight is 347 g/mol. The van der Waals surface area contributed by atoms with Crippen LogP contribution < -0.4 is 25.6 Å². The molecule has 0 aromatic heterocycles. The molecule has 0 aliphatic carbocycles. The van der Waals surface area contributed by atoms with Crippen LogP contribution in [-0.2, 0) is 4.79 Å². The fourth-order valence-corrected chi connectivity index (χ4v) is 1.88. The summed E-state index contributed by atoms with van der Waals surface area (Å²) in [7, 11) is 1.49. The number of carbonyl (C=O) groups excluding carboxylic acids is 2. The van der Waals surface area contributed by atoms with Crippen molar-refractivity contribution in [2.24, 2.45) is 0 Å². The summed E-state index contributed by atoms with van der Waals surface area (Å²) in [6, 6.07) is 11.4. The van der Waals surface area contributed by atoms with Crippen molar-refractivity contribution in [2.75, 3.05) is 12.4 Å². The first-order valence-corrected chi connectivity index (χ1v) is 7.41. The number of ether oxygens (including phenoxy) is 2. The standard InChI is InChI=1S/C17H18FN3O4/c1-11(25-15-6-4-3-5-14(15)24-2)16(22)20-21-17(23)19-13-9-7-12(18)8-10-13/h3-11H,1-2H3,(H,20,22)(H2,19,21,23)/t11-/m0/s1. The number of urea groups is 1. The number of rotatable bonds is 5. The molecule has 0 radical (unpaired) electrons. The van der Waals surface area contributed by atoms with Gasteiger partial charge in [-0.25, -0.2) is 14.6 Å². The third-order valence-corrected chi connectivity index (χ3v) is 3.14. The van der Waals surface area contributed by atoms with Crippen molar-refractivity contribution in [3.05, 3.63) is 54.3 Å². The van der Waals surface area contributed by atoms with E-state index in [1.807, 2.05) is 0 Å². The van der Waals surface area contributed by atoms with Crippen LogP contribution in [0.4, 0.5) is 14.9 Å². The fraction of sp³-hybridized carbons (Fsp3) is 0.176. The lowest BCUT2D eigenvalue weighted by molar-refractivity contribution is -0.128. The lowest BCUT2D eigenvalue weighted by Gasteiger charge is -2.17. The number of anilines is 1. The second-order valence-corrected chi connectivity index (χ2v) is 4.99. The van der Waals surface area contributed by atoms with E-state index in [1.54, 1.807) is 24.3 Å². The van der Waals surface area contributed by atoms with E-state index in [2.05, 4.69) is 16.2 Å². The Balaban J connectivity index is 1.82. The molecule has 132 valence electrons. The molecule has 0 fully saturated rings. The maximum atomic E-state index is 12.8. The van der Waals surface area contributed by atoms with E-state index < -0.39 is 23.9 Å². The molecule has 0 saturated heterocycles. The Hall–Kier alpha value is -3.29. The smallest absolute Gasteiger partial charge is 0.337 e. The van der Waals surface area contributed by atoms with Gasteiger partial charge in [0.1, 0.15) is 5.82 Å². The van der Waals surface area contributed by atoms with Crippen molar-refractivity contribution >= 4 is 17.6 Å². The lowest BCUT2D eigenvalue weighted by atomic mass is 10.3. The number of nitrogens with one attached hydrogen (secondary N) is 3. The molecule has 0 heterocycles. The molecule has 1 atom stereocenters. The van der Waals surface area contributed by atoms with E-state index in [0.29, 0.717) is 17.2 Å². The molecule has 25 heavy (non-hydrogen) atoms. The molecule has 0 aliphatic rings. The second-order valence-electron chi connectivity index (χ2n) is 4.99. The van der Waals surface area contributed by atoms with Crippen molar-refractivity contribution in [3.8, 4) is 11.5 Å². The van der Waals surface area contributed by atoms with Crippen LogP contribution >= 0.6 is 0 Å². The van der Waals surface area contributed by atoms with Gasteiger partial charge >= 0.3 is 6.03 Å². The maximum Gasteiger partial charge on any atom is 0.337 e. The third-order valence-electron chi connectivity index (χ3n) is 3.14. The van der Waals surface area contributed by atoms with E-state index in [9.17, 15) is 14.0 Å². The first-order chi connectivity index (χ1) is 12.0. The highest BCUT2D eigenvalue weighted by Gasteiger charge is 2.17. The van der Waals surface area contributed by atoms with E-state index in [4.69, 9.17) is 9.47 Å². The van der Waals surface area contributed by atoms with Crippen molar-refractivity contribution < 1.29 is 23.5 Å². The Morgan fingerprint density at radius 1 is 1.00 bits per heavy atom. The first-order valence-electron chi connectivity index (χ1n) is 7.41. The van der Waals surface area contributed by atoms with E-state index in [-0.39, 0.29) is 0 Å². The minimum absolute atomic E-state index is 0.381. The summed E-state index contributed by atoms with van der Waals surface area (Å²) < 4.78 is 23.4. The monoisotopic (exact) mass is 347 g/mol. The molecule has 0 aliphatic heterocycles. The van der Waals surface area contributed by atoms with E-state index in [1.165, 1.54) is 38.3 Å².